The topological polar surface area (TPSA) is 42.3 Å². The minimum absolute atomic E-state index is 0.0954. The van der Waals surface area contributed by atoms with Crippen LogP contribution in [0.4, 0.5) is 5.69 Å². The quantitative estimate of drug-likeness (QED) is 0.514. The lowest BCUT2D eigenvalue weighted by Crippen LogP contribution is -2.28. The Morgan fingerprint density at radius 2 is 1.92 bits per heavy atom. The summed E-state index contributed by atoms with van der Waals surface area (Å²) in [5.41, 5.74) is 3.02. The number of nitrogens with zero attached hydrogens (tertiary/aromatic N) is 2. The van der Waals surface area contributed by atoms with Crippen molar-refractivity contribution in [1.82, 2.24) is 4.57 Å². The summed E-state index contributed by atoms with van der Waals surface area (Å²) in [5.74, 6) is -0.528. The van der Waals surface area contributed by atoms with Gasteiger partial charge in [0.15, 0.2) is 0 Å². The second-order valence-corrected chi connectivity index (χ2v) is 6.54. The van der Waals surface area contributed by atoms with Crippen LogP contribution in [0.3, 0.4) is 0 Å². The molecule has 2 aromatic carbocycles. The third-order valence-corrected chi connectivity index (χ3v) is 4.62. The first-order valence-corrected chi connectivity index (χ1v) is 8.29. The Bertz CT molecular complexity index is 1050. The SMILES string of the molecule is Cn1ccc2cc(/C=C3\CC(=O)N(c4cccc(Cl)c4)C3=O)ccc21. The molecule has 1 aliphatic heterocycles. The number of hydrogen-bond acceptors (Lipinski definition) is 2. The van der Waals surface area contributed by atoms with Crippen LogP contribution in [-0.2, 0) is 16.6 Å². The normalized spacial score (nSPS) is 16.4. The van der Waals surface area contributed by atoms with Gasteiger partial charge in [-0.3, -0.25) is 9.59 Å². The van der Waals surface area contributed by atoms with Gasteiger partial charge in [-0.25, -0.2) is 4.90 Å². The third-order valence-electron chi connectivity index (χ3n) is 4.39. The fourth-order valence-corrected chi connectivity index (χ4v) is 3.34. The number of amides is 2. The van der Waals surface area contributed by atoms with E-state index in [1.54, 1.807) is 30.3 Å². The monoisotopic (exact) mass is 350 g/mol. The van der Waals surface area contributed by atoms with Crippen LogP contribution in [0.2, 0.25) is 5.02 Å². The number of carbonyl (C=O) groups is 2. The van der Waals surface area contributed by atoms with Gasteiger partial charge in [0.25, 0.3) is 5.91 Å². The zero-order valence-corrected chi connectivity index (χ0v) is 14.3. The van der Waals surface area contributed by atoms with Crippen LogP contribution < -0.4 is 4.90 Å². The number of rotatable bonds is 2. The summed E-state index contributed by atoms with van der Waals surface area (Å²) < 4.78 is 2.04. The number of carbonyl (C=O) groups excluding carboxylic acids is 2. The standard InChI is InChI=1S/C20H15ClN2O2/c1-22-8-7-14-9-13(5-6-18(14)22)10-15-11-19(24)23(20(15)25)17-4-2-3-16(21)12-17/h2-10,12H,11H2,1H3/b15-10+. The summed E-state index contributed by atoms with van der Waals surface area (Å²) in [6, 6.07) is 14.8. The lowest BCUT2D eigenvalue weighted by molar-refractivity contribution is -0.120. The van der Waals surface area contributed by atoms with E-state index in [-0.39, 0.29) is 18.2 Å². The van der Waals surface area contributed by atoms with Crippen LogP contribution in [0.15, 0.2) is 60.3 Å². The second-order valence-electron chi connectivity index (χ2n) is 6.11. The zero-order valence-electron chi connectivity index (χ0n) is 13.6. The van der Waals surface area contributed by atoms with Gasteiger partial charge in [0.1, 0.15) is 0 Å². The predicted molar refractivity (Wildman–Crippen MR) is 99.5 cm³/mol. The first kappa shape index (κ1) is 15.7. The Morgan fingerprint density at radius 1 is 1.08 bits per heavy atom. The van der Waals surface area contributed by atoms with Crippen molar-refractivity contribution in [2.45, 2.75) is 6.42 Å². The molecule has 0 atom stereocenters. The fourth-order valence-electron chi connectivity index (χ4n) is 3.15. The molecular formula is C20H15ClN2O2. The zero-order chi connectivity index (χ0) is 17.6. The molecule has 25 heavy (non-hydrogen) atoms. The van der Waals surface area contributed by atoms with Gasteiger partial charge < -0.3 is 4.57 Å². The van der Waals surface area contributed by atoms with Crippen molar-refractivity contribution in [3.63, 3.8) is 0 Å². The van der Waals surface area contributed by atoms with Crippen molar-refractivity contribution in [3.05, 3.63) is 70.9 Å². The Kier molecular flexibility index (Phi) is 3.70. The summed E-state index contributed by atoms with van der Waals surface area (Å²) in [6.07, 6.45) is 3.88. The van der Waals surface area contributed by atoms with Crippen LogP contribution in [-0.4, -0.2) is 16.4 Å². The van der Waals surface area contributed by atoms with Crippen LogP contribution >= 0.6 is 11.6 Å². The minimum atomic E-state index is -0.291. The number of benzene rings is 2. The van der Waals surface area contributed by atoms with Crippen molar-refractivity contribution < 1.29 is 9.59 Å². The molecule has 1 aliphatic rings. The highest BCUT2D eigenvalue weighted by Crippen LogP contribution is 2.29. The first-order chi connectivity index (χ1) is 12.0. The highest BCUT2D eigenvalue weighted by Gasteiger charge is 2.34. The smallest absolute Gasteiger partial charge is 0.261 e. The number of anilines is 1. The average Bonchev–Trinajstić information content (AvgIpc) is 3.08. The molecule has 0 aliphatic carbocycles. The molecule has 1 saturated heterocycles. The Morgan fingerprint density at radius 3 is 2.72 bits per heavy atom. The number of aromatic nitrogens is 1. The number of hydrogen-bond donors (Lipinski definition) is 0. The molecule has 5 heteroatoms. The largest absolute Gasteiger partial charge is 0.351 e. The first-order valence-electron chi connectivity index (χ1n) is 7.91. The maximum Gasteiger partial charge on any atom is 0.261 e. The van der Waals surface area contributed by atoms with Crippen molar-refractivity contribution in [1.29, 1.82) is 0 Å². The molecule has 1 fully saturated rings. The second kappa shape index (κ2) is 5.90. The van der Waals surface area contributed by atoms with Gasteiger partial charge in [-0.2, -0.15) is 0 Å². The van der Waals surface area contributed by atoms with Crippen molar-refractivity contribution in [3.8, 4) is 0 Å². The molecule has 0 N–H and O–H groups in total. The fraction of sp³-hybridized carbons (Fsp3) is 0.100. The van der Waals surface area contributed by atoms with E-state index in [1.807, 2.05) is 42.1 Å². The average molecular weight is 351 g/mol. The predicted octanol–water partition coefficient (Wildman–Crippen LogP) is 4.18. The van der Waals surface area contributed by atoms with Gasteiger partial charge in [0.05, 0.1) is 12.1 Å². The van der Waals surface area contributed by atoms with Crippen molar-refractivity contribution in [2.75, 3.05) is 4.90 Å². The number of imide groups is 1. The van der Waals surface area contributed by atoms with E-state index in [9.17, 15) is 9.59 Å². The molecule has 0 radical (unpaired) electrons. The van der Waals surface area contributed by atoms with E-state index in [2.05, 4.69) is 0 Å². The number of aryl methyl sites for hydroxylation is 1. The number of halogens is 1. The summed E-state index contributed by atoms with van der Waals surface area (Å²) in [6.45, 7) is 0. The molecule has 1 aromatic heterocycles. The number of fused-ring (bicyclic) bond motifs is 1. The molecule has 3 aromatic rings. The van der Waals surface area contributed by atoms with Crippen molar-refractivity contribution >= 4 is 46.1 Å². The Hall–Kier alpha value is -2.85. The lowest BCUT2D eigenvalue weighted by atomic mass is 10.1. The molecule has 0 bridgehead atoms. The van der Waals surface area contributed by atoms with E-state index >= 15 is 0 Å². The molecule has 0 spiro atoms. The Labute approximate surface area is 149 Å². The lowest BCUT2D eigenvalue weighted by Gasteiger charge is -2.13. The molecule has 4 nitrogen and oxygen atoms in total. The maximum atomic E-state index is 12.7. The summed E-state index contributed by atoms with van der Waals surface area (Å²) >= 11 is 5.98. The van der Waals surface area contributed by atoms with Gasteiger partial charge in [0.2, 0.25) is 5.91 Å². The summed E-state index contributed by atoms with van der Waals surface area (Å²) in [7, 11) is 1.99. The third kappa shape index (κ3) is 2.75. The molecular weight excluding hydrogens is 336 g/mol. The van der Waals surface area contributed by atoms with Crippen LogP contribution in [0.25, 0.3) is 17.0 Å². The highest BCUT2D eigenvalue weighted by atomic mass is 35.5. The molecule has 124 valence electrons. The minimum Gasteiger partial charge on any atom is -0.351 e. The molecule has 4 rings (SSSR count). The van der Waals surface area contributed by atoms with E-state index in [0.717, 1.165) is 16.5 Å². The van der Waals surface area contributed by atoms with E-state index in [4.69, 9.17) is 11.6 Å². The Balaban J connectivity index is 1.69. The van der Waals surface area contributed by atoms with Crippen LogP contribution in [0.5, 0.6) is 0 Å². The van der Waals surface area contributed by atoms with Crippen molar-refractivity contribution in [2.24, 2.45) is 7.05 Å². The summed E-state index contributed by atoms with van der Waals surface area (Å²) in [5, 5.41) is 1.59. The molecule has 0 saturated carbocycles. The van der Waals surface area contributed by atoms with Crippen LogP contribution in [0.1, 0.15) is 12.0 Å². The van der Waals surface area contributed by atoms with Gasteiger partial charge in [-0.05, 0) is 48.0 Å². The highest BCUT2D eigenvalue weighted by molar-refractivity contribution is 6.32. The van der Waals surface area contributed by atoms with E-state index in [0.29, 0.717) is 16.3 Å². The maximum absolute atomic E-state index is 12.7. The van der Waals surface area contributed by atoms with Gasteiger partial charge in [0, 0.05) is 34.7 Å². The van der Waals surface area contributed by atoms with Gasteiger partial charge in [-0.15, -0.1) is 0 Å². The molecule has 2 heterocycles. The van der Waals surface area contributed by atoms with Crippen LogP contribution in [0, 0.1) is 0 Å². The summed E-state index contributed by atoms with van der Waals surface area (Å²) in [4.78, 5) is 26.2. The van der Waals surface area contributed by atoms with Gasteiger partial charge in [-0.1, -0.05) is 23.7 Å². The molecule has 2 amide bonds. The van der Waals surface area contributed by atoms with E-state index < -0.39 is 0 Å². The molecule has 0 unspecified atom stereocenters. The van der Waals surface area contributed by atoms with Gasteiger partial charge >= 0.3 is 0 Å². The van der Waals surface area contributed by atoms with E-state index in [1.165, 1.54) is 4.90 Å².